The highest BCUT2D eigenvalue weighted by atomic mass is 32.1. The molecule has 0 aliphatic carbocycles. The fourth-order valence-electron chi connectivity index (χ4n) is 3.44. The molecule has 0 fully saturated rings. The molecule has 1 atom stereocenters. The molecule has 7 nitrogen and oxygen atoms in total. The number of methoxy groups -OCH3 is 1. The van der Waals surface area contributed by atoms with Crippen LogP contribution in [0.3, 0.4) is 0 Å². The Morgan fingerprint density at radius 1 is 1.24 bits per heavy atom. The minimum Gasteiger partial charge on any atom is -0.466 e. The lowest BCUT2D eigenvalue weighted by molar-refractivity contribution is -0.136. The molecule has 0 N–H and O–H groups in total. The first-order chi connectivity index (χ1) is 13.9. The minimum absolute atomic E-state index is 0.195. The lowest BCUT2D eigenvalue weighted by atomic mass is 9.96. The van der Waals surface area contributed by atoms with Crippen molar-refractivity contribution in [1.82, 2.24) is 14.3 Å². The first kappa shape index (κ1) is 19.1. The van der Waals surface area contributed by atoms with Gasteiger partial charge in [0.2, 0.25) is 0 Å². The standard InChI is InChI=1S/C21H20N4O3S/c1-12-17(20(27)28-4)18(14-8-6-5-7-9-14)25-19(26)16(29-21(25)23-12)10-15-11-22-24(3)13(15)2/h5-11,18H,1-4H3/b16-10+/t18-/m0/s1. The van der Waals surface area contributed by atoms with Crippen molar-refractivity contribution in [1.29, 1.82) is 0 Å². The number of hydrogen-bond donors (Lipinski definition) is 0. The van der Waals surface area contributed by atoms with Gasteiger partial charge in [-0.25, -0.2) is 9.79 Å². The molecule has 0 spiro atoms. The van der Waals surface area contributed by atoms with Crippen LogP contribution in [0.1, 0.15) is 29.8 Å². The summed E-state index contributed by atoms with van der Waals surface area (Å²) in [5.74, 6) is -0.488. The summed E-state index contributed by atoms with van der Waals surface area (Å²) >= 11 is 1.30. The number of esters is 1. The van der Waals surface area contributed by atoms with E-state index in [0.29, 0.717) is 20.6 Å². The van der Waals surface area contributed by atoms with Crippen LogP contribution in [0.15, 0.2) is 57.6 Å². The quantitative estimate of drug-likeness (QED) is 0.615. The summed E-state index contributed by atoms with van der Waals surface area (Å²) in [6.07, 6.45) is 3.55. The van der Waals surface area contributed by atoms with Crippen molar-refractivity contribution in [3.63, 3.8) is 0 Å². The predicted octanol–water partition coefficient (Wildman–Crippen LogP) is 1.45. The van der Waals surface area contributed by atoms with E-state index in [2.05, 4.69) is 10.1 Å². The van der Waals surface area contributed by atoms with Crippen LogP contribution >= 0.6 is 11.3 Å². The molecule has 0 bridgehead atoms. The minimum atomic E-state index is -0.586. The van der Waals surface area contributed by atoms with Gasteiger partial charge in [-0.05, 0) is 25.5 Å². The van der Waals surface area contributed by atoms with E-state index in [0.717, 1.165) is 16.8 Å². The van der Waals surface area contributed by atoms with Gasteiger partial charge in [0.15, 0.2) is 4.80 Å². The van der Waals surface area contributed by atoms with Gasteiger partial charge in [-0.3, -0.25) is 14.0 Å². The summed E-state index contributed by atoms with van der Waals surface area (Å²) < 4.78 is 8.88. The molecule has 2 aromatic heterocycles. The molecule has 0 unspecified atom stereocenters. The zero-order valence-corrected chi connectivity index (χ0v) is 17.4. The molecule has 1 aromatic carbocycles. The van der Waals surface area contributed by atoms with E-state index in [4.69, 9.17) is 4.74 Å². The van der Waals surface area contributed by atoms with Crippen molar-refractivity contribution in [2.24, 2.45) is 12.0 Å². The predicted molar refractivity (Wildman–Crippen MR) is 110 cm³/mol. The average Bonchev–Trinajstić information content (AvgIpc) is 3.20. The molecule has 0 radical (unpaired) electrons. The molecule has 0 saturated carbocycles. The van der Waals surface area contributed by atoms with E-state index in [9.17, 15) is 9.59 Å². The number of aryl methyl sites for hydroxylation is 1. The van der Waals surface area contributed by atoms with Crippen LogP contribution in [0.5, 0.6) is 0 Å². The number of hydrogen-bond acceptors (Lipinski definition) is 6. The molecule has 0 amide bonds. The van der Waals surface area contributed by atoms with Gasteiger partial charge in [-0.1, -0.05) is 41.7 Å². The molecular formula is C21H20N4O3S. The molecule has 148 valence electrons. The van der Waals surface area contributed by atoms with Crippen molar-refractivity contribution < 1.29 is 9.53 Å². The fourth-order valence-corrected chi connectivity index (χ4v) is 4.48. The summed E-state index contributed by atoms with van der Waals surface area (Å²) in [6, 6.07) is 8.87. The molecule has 1 aliphatic heterocycles. The number of aromatic nitrogens is 3. The summed E-state index contributed by atoms with van der Waals surface area (Å²) in [6.45, 7) is 3.72. The number of carbonyl (C=O) groups excluding carboxylic acids is 1. The Bertz CT molecular complexity index is 1310. The second-order valence-corrected chi connectivity index (χ2v) is 7.80. The van der Waals surface area contributed by atoms with Gasteiger partial charge in [0.05, 0.1) is 35.2 Å². The van der Waals surface area contributed by atoms with Crippen LogP contribution in [0.2, 0.25) is 0 Å². The highest BCUT2D eigenvalue weighted by molar-refractivity contribution is 7.07. The van der Waals surface area contributed by atoms with Crippen molar-refractivity contribution in [2.45, 2.75) is 19.9 Å². The summed E-state index contributed by atoms with van der Waals surface area (Å²) in [4.78, 5) is 31.0. The normalized spacial score (nSPS) is 16.6. The van der Waals surface area contributed by atoms with Gasteiger partial charge in [-0.2, -0.15) is 5.10 Å². The zero-order valence-electron chi connectivity index (χ0n) is 16.5. The second-order valence-electron chi connectivity index (χ2n) is 6.79. The van der Waals surface area contributed by atoms with E-state index < -0.39 is 12.0 Å². The van der Waals surface area contributed by atoms with Crippen molar-refractivity contribution in [2.75, 3.05) is 7.11 Å². The second kappa shape index (κ2) is 7.29. The van der Waals surface area contributed by atoms with Gasteiger partial charge in [-0.15, -0.1) is 0 Å². The van der Waals surface area contributed by atoms with Crippen LogP contribution in [0, 0.1) is 6.92 Å². The molecule has 3 heterocycles. The Morgan fingerprint density at radius 3 is 2.59 bits per heavy atom. The molecule has 8 heteroatoms. The van der Waals surface area contributed by atoms with Gasteiger partial charge >= 0.3 is 5.97 Å². The average molecular weight is 408 g/mol. The topological polar surface area (TPSA) is 78.5 Å². The van der Waals surface area contributed by atoms with Gasteiger partial charge in [0, 0.05) is 18.3 Å². The number of benzene rings is 1. The van der Waals surface area contributed by atoms with E-state index in [-0.39, 0.29) is 5.56 Å². The Hall–Kier alpha value is -3.26. The van der Waals surface area contributed by atoms with Crippen LogP contribution in [-0.4, -0.2) is 27.4 Å². The third-order valence-corrected chi connectivity index (χ3v) is 6.09. The van der Waals surface area contributed by atoms with Crippen LogP contribution < -0.4 is 14.9 Å². The third-order valence-electron chi connectivity index (χ3n) is 5.10. The lowest BCUT2D eigenvalue weighted by Gasteiger charge is -2.24. The molecule has 4 rings (SSSR count). The molecule has 0 saturated heterocycles. The smallest absolute Gasteiger partial charge is 0.338 e. The number of allylic oxidation sites excluding steroid dienone is 1. The largest absolute Gasteiger partial charge is 0.466 e. The lowest BCUT2D eigenvalue weighted by Crippen LogP contribution is -2.39. The van der Waals surface area contributed by atoms with E-state index in [1.165, 1.54) is 18.4 Å². The van der Waals surface area contributed by atoms with Gasteiger partial charge in [0.1, 0.15) is 0 Å². The molecule has 1 aliphatic rings. The third kappa shape index (κ3) is 3.15. The van der Waals surface area contributed by atoms with Crippen LogP contribution in [0.4, 0.5) is 0 Å². The summed E-state index contributed by atoms with van der Waals surface area (Å²) in [5, 5.41) is 4.23. The fraction of sp³-hybridized carbons (Fsp3) is 0.238. The first-order valence-corrected chi connectivity index (χ1v) is 9.88. The van der Waals surface area contributed by atoms with Crippen LogP contribution in [0.25, 0.3) is 6.08 Å². The number of carbonyl (C=O) groups is 1. The maximum absolute atomic E-state index is 13.4. The molecular weight excluding hydrogens is 388 g/mol. The van der Waals surface area contributed by atoms with Crippen molar-refractivity contribution in [3.8, 4) is 0 Å². The Kier molecular flexibility index (Phi) is 4.79. The number of rotatable bonds is 3. The van der Waals surface area contributed by atoms with E-state index >= 15 is 0 Å². The van der Waals surface area contributed by atoms with Crippen molar-refractivity contribution >= 4 is 23.4 Å². The first-order valence-electron chi connectivity index (χ1n) is 9.06. The highest BCUT2D eigenvalue weighted by Crippen LogP contribution is 2.30. The van der Waals surface area contributed by atoms with Gasteiger partial charge < -0.3 is 4.74 Å². The Labute approximate surface area is 170 Å². The van der Waals surface area contributed by atoms with Crippen LogP contribution in [-0.2, 0) is 16.6 Å². The number of ether oxygens (including phenoxy) is 1. The van der Waals surface area contributed by atoms with Crippen molar-refractivity contribution in [3.05, 3.63) is 84.3 Å². The number of nitrogens with zero attached hydrogens (tertiary/aromatic N) is 4. The SMILES string of the molecule is COC(=O)C1=C(C)N=c2s/c(=C/c3cnn(C)c3C)c(=O)n2[C@H]1c1ccccc1. The maximum atomic E-state index is 13.4. The zero-order chi connectivity index (χ0) is 20.7. The number of fused-ring (bicyclic) bond motifs is 1. The number of thiazole rings is 1. The Balaban J connectivity index is 2.00. The van der Waals surface area contributed by atoms with Gasteiger partial charge in [0.25, 0.3) is 5.56 Å². The van der Waals surface area contributed by atoms with E-state index in [1.807, 2.05) is 50.4 Å². The highest BCUT2D eigenvalue weighted by Gasteiger charge is 2.32. The summed E-state index contributed by atoms with van der Waals surface area (Å²) in [5.41, 5.74) is 3.39. The maximum Gasteiger partial charge on any atom is 0.338 e. The molecule has 3 aromatic rings. The Morgan fingerprint density at radius 2 is 1.97 bits per heavy atom. The van der Waals surface area contributed by atoms with E-state index in [1.54, 1.807) is 22.4 Å². The summed E-state index contributed by atoms with van der Waals surface area (Å²) in [7, 11) is 3.19. The molecule has 29 heavy (non-hydrogen) atoms. The monoisotopic (exact) mass is 408 g/mol.